The lowest BCUT2D eigenvalue weighted by Gasteiger charge is -2.24. The first-order valence-corrected chi connectivity index (χ1v) is 11.1. The summed E-state index contributed by atoms with van der Waals surface area (Å²) in [6.45, 7) is 8.86. The van der Waals surface area contributed by atoms with Crippen LogP contribution in [0.15, 0.2) is 36.4 Å². The molecular weight excluding hydrogens is 340 g/mol. The molecule has 1 nitrogen and oxygen atoms in total. The second-order valence-corrected chi connectivity index (χ2v) is 9.45. The molecule has 0 heterocycles. The summed E-state index contributed by atoms with van der Waals surface area (Å²) < 4.78 is 0. The topological polar surface area (TPSA) is 17.1 Å². The minimum absolute atomic E-state index is 0.423. The number of rotatable bonds is 8. The largest absolute Gasteiger partial charge is 0.300 e. The van der Waals surface area contributed by atoms with Crippen LogP contribution in [0, 0.1) is 39.5 Å². The van der Waals surface area contributed by atoms with E-state index in [1.165, 1.54) is 59.1 Å². The molecule has 2 saturated carbocycles. The van der Waals surface area contributed by atoms with Crippen LogP contribution in [-0.2, 0) is 4.79 Å². The molecule has 0 aliphatic heterocycles. The Morgan fingerprint density at radius 2 is 1.04 bits per heavy atom. The summed E-state index contributed by atoms with van der Waals surface area (Å²) in [6, 6.07) is 13.1. The van der Waals surface area contributed by atoms with Crippen LogP contribution in [0.5, 0.6) is 0 Å². The molecule has 2 unspecified atom stereocenters. The van der Waals surface area contributed by atoms with Gasteiger partial charge in [0.05, 0.1) is 0 Å². The molecule has 0 N–H and O–H groups in total. The summed E-state index contributed by atoms with van der Waals surface area (Å²) in [6.07, 6.45) is 6.60. The standard InChI is InChI=1S/C27H34O/c1-17-7-5-8-18(2)26(17)24(21-11-12-21)15-23(28)16-25(22-13-14-22)27-19(3)9-6-10-20(27)4/h5-10,21-22,24-25H,11-16H2,1-4H3. The fourth-order valence-corrected chi connectivity index (χ4v) is 5.40. The average molecular weight is 375 g/mol. The molecule has 2 aliphatic rings. The van der Waals surface area contributed by atoms with E-state index in [0.717, 1.165) is 12.8 Å². The molecule has 0 saturated heterocycles. The van der Waals surface area contributed by atoms with Crippen LogP contribution in [-0.4, -0.2) is 5.78 Å². The van der Waals surface area contributed by atoms with Crippen molar-refractivity contribution in [3.63, 3.8) is 0 Å². The SMILES string of the molecule is Cc1cccc(C)c1C(CC(=O)CC(c1c(C)cccc1C)C1CC1)C1CC1. The van der Waals surface area contributed by atoms with Gasteiger partial charge in [0.2, 0.25) is 0 Å². The number of aryl methyl sites for hydroxylation is 4. The van der Waals surface area contributed by atoms with E-state index in [1.807, 2.05) is 0 Å². The van der Waals surface area contributed by atoms with E-state index in [0.29, 0.717) is 29.5 Å². The number of carbonyl (C=O) groups is 1. The fourth-order valence-electron chi connectivity index (χ4n) is 5.40. The van der Waals surface area contributed by atoms with Crippen LogP contribution >= 0.6 is 0 Å². The van der Waals surface area contributed by atoms with Gasteiger partial charge in [-0.2, -0.15) is 0 Å². The van der Waals surface area contributed by atoms with Gasteiger partial charge in [-0.1, -0.05) is 36.4 Å². The normalized spacial score (nSPS) is 18.7. The highest BCUT2D eigenvalue weighted by Gasteiger charge is 2.38. The van der Waals surface area contributed by atoms with Gasteiger partial charge in [0, 0.05) is 12.8 Å². The number of ketones is 1. The molecule has 2 aromatic carbocycles. The first kappa shape index (κ1) is 19.4. The van der Waals surface area contributed by atoms with Crippen LogP contribution in [0.4, 0.5) is 0 Å². The Kier molecular flexibility index (Phi) is 5.45. The van der Waals surface area contributed by atoms with E-state index in [-0.39, 0.29) is 0 Å². The van der Waals surface area contributed by atoms with Gasteiger partial charge in [-0.3, -0.25) is 4.79 Å². The van der Waals surface area contributed by atoms with Crippen LogP contribution in [0.1, 0.15) is 83.7 Å². The summed E-state index contributed by atoms with van der Waals surface area (Å²) in [5.74, 6) is 2.74. The Morgan fingerprint density at radius 1 is 0.714 bits per heavy atom. The van der Waals surface area contributed by atoms with Crippen LogP contribution < -0.4 is 0 Å². The molecule has 0 spiro atoms. The maximum absolute atomic E-state index is 13.3. The van der Waals surface area contributed by atoms with Gasteiger partial charge in [-0.25, -0.2) is 0 Å². The van der Waals surface area contributed by atoms with Gasteiger partial charge < -0.3 is 0 Å². The Hall–Kier alpha value is -1.89. The molecule has 4 rings (SSSR count). The monoisotopic (exact) mass is 374 g/mol. The summed E-state index contributed by atoms with van der Waals surface area (Å²) in [4.78, 5) is 13.3. The molecule has 0 radical (unpaired) electrons. The van der Waals surface area contributed by atoms with Crippen molar-refractivity contribution < 1.29 is 4.79 Å². The molecule has 0 amide bonds. The zero-order valence-electron chi connectivity index (χ0n) is 17.9. The first-order valence-electron chi connectivity index (χ1n) is 11.1. The van der Waals surface area contributed by atoms with Crippen molar-refractivity contribution in [1.82, 2.24) is 0 Å². The number of benzene rings is 2. The van der Waals surface area contributed by atoms with Gasteiger partial charge in [0.15, 0.2) is 0 Å². The van der Waals surface area contributed by atoms with Gasteiger partial charge in [0.25, 0.3) is 0 Å². The summed E-state index contributed by atoms with van der Waals surface area (Å²) in [5.41, 5.74) is 8.34. The van der Waals surface area contributed by atoms with Gasteiger partial charge in [-0.05, 0) is 110 Å². The Labute approximate surface area is 170 Å². The second kappa shape index (κ2) is 7.85. The van der Waals surface area contributed by atoms with E-state index in [9.17, 15) is 4.79 Å². The molecule has 1 heteroatoms. The molecule has 28 heavy (non-hydrogen) atoms. The first-order chi connectivity index (χ1) is 13.5. The van der Waals surface area contributed by atoms with Crippen molar-refractivity contribution in [2.24, 2.45) is 11.8 Å². The Balaban J connectivity index is 1.55. The van der Waals surface area contributed by atoms with Crippen molar-refractivity contribution in [3.8, 4) is 0 Å². The van der Waals surface area contributed by atoms with Crippen LogP contribution in [0.3, 0.4) is 0 Å². The lowest BCUT2D eigenvalue weighted by molar-refractivity contribution is -0.120. The minimum Gasteiger partial charge on any atom is -0.300 e. The zero-order valence-corrected chi connectivity index (χ0v) is 17.9. The highest BCUT2D eigenvalue weighted by molar-refractivity contribution is 5.80. The number of hydrogen-bond acceptors (Lipinski definition) is 1. The predicted molar refractivity (Wildman–Crippen MR) is 117 cm³/mol. The second-order valence-electron chi connectivity index (χ2n) is 9.45. The molecule has 0 aromatic heterocycles. The predicted octanol–water partition coefficient (Wildman–Crippen LogP) is 6.96. The molecule has 0 bridgehead atoms. The quantitative estimate of drug-likeness (QED) is 0.488. The third-order valence-electron chi connectivity index (χ3n) is 7.10. The molecule has 2 aliphatic carbocycles. The lowest BCUT2D eigenvalue weighted by atomic mass is 9.79. The molecule has 2 atom stereocenters. The van der Waals surface area contributed by atoms with Crippen molar-refractivity contribution >= 4 is 5.78 Å². The Morgan fingerprint density at radius 3 is 1.32 bits per heavy atom. The molecule has 2 fully saturated rings. The van der Waals surface area contributed by atoms with E-state index < -0.39 is 0 Å². The zero-order chi connectivity index (χ0) is 19.8. The molecule has 148 valence electrons. The van der Waals surface area contributed by atoms with E-state index >= 15 is 0 Å². The highest BCUT2D eigenvalue weighted by Crippen LogP contribution is 2.49. The van der Waals surface area contributed by atoms with E-state index in [4.69, 9.17) is 0 Å². The third kappa shape index (κ3) is 4.09. The average Bonchev–Trinajstić information content (AvgIpc) is 3.53. The van der Waals surface area contributed by atoms with Crippen molar-refractivity contribution in [2.45, 2.75) is 78.1 Å². The van der Waals surface area contributed by atoms with Crippen LogP contribution in [0.2, 0.25) is 0 Å². The minimum atomic E-state index is 0.423. The summed E-state index contributed by atoms with van der Waals surface area (Å²) >= 11 is 0. The lowest BCUT2D eigenvalue weighted by Crippen LogP contribution is -2.16. The number of carbonyl (C=O) groups excluding carboxylic acids is 1. The number of Topliss-reactive ketones (excluding diaryl/α,β-unsaturated/α-hetero) is 1. The third-order valence-corrected chi connectivity index (χ3v) is 7.10. The Bertz CT molecular complexity index is 758. The summed E-state index contributed by atoms with van der Waals surface area (Å²) in [5, 5.41) is 0. The molecule has 2 aromatic rings. The summed E-state index contributed by atoms with van der Waals surface area (Å²) in [7, 11) is 0. The van der Waals surface area contributed by atoms with Crippen molar-refractivity contribution in [2.75, 3.05) is 0 Å². The van der Waals surface area contributed by atoms with E-state index in [1.54, 1.807) is 0 Å². The van der Waals surface area contributed by atoms with Crippen molar-refractivity contribution in [1.29, 1.82) is 0 Å². The smallest absolute Gasteiger partial charge is 0.134 e. The number of hydrogen-bond donors (Lipinski definition) is 0. The van der Waals surface area contributed by atoms with Crippen molar-refractivity contribution in [3.05, 3.63) is 69.8 Å². The van der Waals surface area contributed by atoms with Gasteiger partial charge >= 0.3 is 0 Å². The maximum Gasteiger partial charge on any atom is 0.134 e. The van der Waals surface area contributed by atoms with Gasteiger partial charge in [-0.15, -0.1) is 0 Å². The van der Waals surface area contributed by atoms with E-state index in [2.05, 4.69) is 64.1 Å². The highest BCUT2D eigenvalue weighted by atomic mass is 16.1. The molecular formula is C27H34O. The maximum atomic E-state index is 13.3. The fraction of sp³-hybridized carbons (Fsp3) is 0.519. The van der Waals surface area contributed by atoms with Gasteiger partial charge in [0.1, 0.15) is 5.78 Å². The van der Waals surface area contributed by atoms with Crippen LogP contribution in [0.25, 0.3) is 0 Å².